The maximum absolute atomic E-state index is 9.41. The lowest BCUT2D eigenvalue weighted by Gasteiger charge is -2.30. The highest BCUT2D eigenvalue weighted by atomic mass is 16.3. The number of nitrogens with zero attached hydrogens (tertiary/aromatic N) is 2. The van der Waals surface area contributed by atoms with Gasteiger partial charge in [0.2, 0.25) is 0 Å². The van der Waals surface area contributed by atoms with Crippen molar-refractivity contribution < 1.29 is 5.11 Å². The zero-order valence-electron chi connectivity index (χ0n) is 11.4. The topological polar surface area (TPSA) is 58.0 Å². The maximum atomic E-state index is 9.41. The standard InChI is InChI=1S/C13H23N3O/c1-6-11-14-9(2)7-12(16-11)15-10(8-17)13(3,4)5/h7,10,17H,6,8H2,1-5H3,(H,14,15,16)/t10-/m0/s1. The average Bonchev–Trinajstić information content (AvgIpc) is 2.23. The molecule has 4 nitrogen and oxygen atoms in total. The molecular formula is C13H23N3O. The van der Waals surface area contributed by atoms with E-state index >= 15 is 0 Å². The van der Waals surface area contributed by atoms with Gasteiger partial charge < -0.3 is 10.4 Å². The van der Waals surface area contributed by atoms with Gasteiger partial charge in [-0.1, -0.05) is 27.7 Å². The van der Waals surface area contributed by atoms with E-state index in [1.54, 1.807) is 0 Å². The second kappa shape index (κ2) is 5.45. The van der Waals surface area contributed by atoms with E-state index in [-0.39, 0.29) is 18.1 Å². The smallest absolute Gasteiger partial charge is 0.130 e. The van der Waals surface area contributed by atoms with Crippen LogP contribution in [0.5, 0.6) is 0 Å². The Labute approximate surface area is 103 Å². The number of aliphatic hydroxyl groups excluding tert-OH is 1. The molecule has 0 aliphatic rings. The van der Waals surface area contributed by atoms with Gasteiger partial charge in [-0.2, -0.15) is 0 Å². The summed E-state index contributed by atoms with van der Waals surface area (Å²) in [6.45, 7) is 10.4. The van der Waals surface area contributed by atoms with Gasteiger partial charge in [-0.25, -0.2) is 9.97 Å². The van der Waals surface area contributed by atoms with Crippen molar-refractivity contribution in [2.75, 3.05) is 11.9 Å². The lowest BCUT2D eigenvalue weighted by molar-refractivity contribution is 0.201. The molecule has 0 aliphatic heterocycles. The Kier molecular flexibility index (Phi) is 4.46. The number of nitrogens with one attached hydrogen (secondary N) is 1. The van der Waals surface area contributed by atoms with Gasteiger partial charge in [0.1, 0.15) is 11.6 Å². The fourth-order valence-corrected chi connectivity index (χ4v) is 1.58. The van der Waals surface area contributed by atoms with Crippen LogP contribution in [0.2, 0.25) is 0 Å². The van der Waals surface area contributed by atoms with Gasteiger partial charge in [-0.05, 0) is 12.3 Å². The first-order chi connectivity index (χ1) is 7.86. The van der Waals surface area contributed by atoms with Gasteiger partial charge in [0.25, 0.3) is 0 Å². The van der Waals surface area contributed by atoms with Gasteiger partial charge in [-0.15, -0.1) is 0 Å². The van der Waals surface area contributed by atoms with Crippen LogP contribution < -0.4 is 5.32 Å². The van der Waals surface area contributed by atoms with E-state index < -0.39 is 0 Å². The highest BCUT2D eigenvalue weighted by molar-refractivity contribution is 5.37. The molecule has 1 heterocycles. The molecule has 96 valence electrons. The minimum absolute atomic E-state index is 0.0125. The molecule has 0 unspecified atom stereocenters. The molecule has 0 amide bonds. The van der Waals surface area contributed by atoms with Crippen LogP contribution in [0, 0.1) is 12.3 Å². The molecule has 1 aromatic rings. The van der Waals surface area contributed by atoms with Crippen molar-refractivity contribution in [1.29, 1.82) is 0 Å². The van der Waals surface area contributed by atoms with Crippen LogP contribution in [0.4, 0.5) is 5.82 Å². The van der Waals surface area contributed by atoms with Crippen LogP contribution >= 0.6 is 0 Å². The van der Waals surface area contributed by atoms with E-state index in [4.69, 9.17) is 0 Å². The molecule has 0 saturated carbocycles. The van der Waals surface area contributed by atoms with Crippen LogP contribution in [-0.4, -0.2) is 27.7 Å². The van der Waals surface area contributed by atoms with Crippen molar-refractivity contribution in [2.24, 2.45) is 5.41 Å². The van der Waals surface area contributed by atoms with E-state index in [1.165, 1.54) is 0 Å². The number of rotatable bonds is 4. The number of aliphatic hydroxyl groups is 1. The summed E-state index contributed by atoms with van der Waals surface area (Å²) in [5.74, 6) is 1.63. The molecule has 0 radical (unpaired) electrons. The normalized spacial score (nSPS) is 13.5. The largest absolute Gasteiger partial charge is 0.394 e. The van der Waals surface area contributed by atoms with Crippen molar-refractivity contribution in [2.45, 2.75) is 47.1 Å². The Hall–Kier alpha value is -1.16. The predicted octanol–water partition coefficient (Wildman–Crippen LogP) is 2.17. The summed E-state index contributed by atoms with van der Waals surface area (Å²) in [6.07, 6.45) is 0.815. The highest BCUT2D eigenvalue weighted by Crippen LogP contribution is 2.22. The number of aromatic nitrogens is 2. The molecule has 0 bridgehead atoms. The minimum atomic E-state index is -0.0139. The first-order valence-electron chi connectivity index (χ1n) is 6.08. The highest BCUT2D eigenvalue weighted by Gasteiger charge is 2.24. The fourth-order valence-electron chi connectivity index (χ4n) is 1.58. The van der Waals surface area contributed by atoms with Crippen molar-refractivity contribution in [3.05, 3.63) is 17.6 Å². The zero-order valence-corrected chi connectivity index (χ0v) is 11.4. The lowest BCUT2D eigenvalue weighted by Crippen LogP contribution is -2.37. The summed E-state index contributed by atoms with van der Waals surface area (Å²) in [5, 5.41) is 12.7. The Bertz CT molecular complexity index is 371. The SMILES string of the molecule is CCc1nc(C)cc(N[C@@H](CO)C(C)(C)C)n1. The third-order valence-corrected chi connectivity index (χ3v) is 2.77. The van der Waals surface area contributed by atoms with Crippen molar-refractivity contribution in [1.82, 2.24) is 9.97 Å². The Morgan fingerprint density at radius 3 is 2.47 bits per heavy atom. The zero-order chi connectivity index (χ0) is 13.1. The second-order valence-electron chi connectivity index (χ2n) is 5.41. The van der Waals surface area contributed by atoms with E-state index in [2.05, 4.69) is 36.1 Å². The number of hydrogen-bond acceptors (Lipinski definition) is 4. The Balaban J connectivity index is 2.90. The molecule has 0 spiro atoms. The average molecular weight is 237 g/mol. The first kappa shape index (κ1) is 13.9. The minimum Gasteiger partial charge on any atom is -0.394 e. The van der Waals surface area contributed by atoms with Crippen LogP contribution in [0.25, 0.3) is 0 Å². The van der Waals surface area contributed by atoms with Crippen LogP contribution in [-0.2, 0) is 6.42 Å². The van der Waals surface area contributed by atoms with E-state index in [0.717, 1.165) is 23.8 Å². The summed E-state index contributed by atoms with van der Waals surface area (Å²) < 4.78 is 0. The first-order valence-corrected chi connectivity index (χ1v) is 6.08. The van der Waals surface area contributed by atoms with E-state index in [9.17, 15) is 5.11 Å². The fraction of sp³-hybridized carbons (Fsp3) is 0.692. The van der Waals surface area contributed by atoms with Crippen molar-refractivity contribution in [3.63, 3.8) is 0 Å². The summed E-state index contributed by atoms with van der Waals surface area (Å²) >= 11 is 0. The number of hydrogen-bond donors (Lipinski definition) is 2. The molecule has 0 aliphatic carbocycles. The molecule has 1 aromatic heterocycles. The van der Waals surface area contributed by atoms with Gasteiger partial charge in [0.05, 0.1) is 12.6 Å². The van der Waals surface area contributed by atoms with E-state index in [1.807, 2.05) is 19.9 Å². The summed E-state index contributed by atoms with van der Waals surface area (Å²) in [7, 11) is 0. The Morgan fingerprint density at radius 2 is 2.00 bits per heavy atom. The molecule has 0 fully saturated rings. The summed E-state index contributed by atoms with van der Waals surface area (Å²) in [4.78, 5) is 8.75. The summed E-state index contributed by atoms with van der Waals surface area (Å²) in [6, 6.07) is 1.90. The molecular weight excluding hydrogens is 214 g/mol. The van der Waals surface area contributed by atoms with E-state index in [0.29, 0.717) is 0 Å². The Morgan fingerprint density at radius 1 is 1.35 bits per heavy atom. The van der Waals surface area contributed by atoms with Gasteiger partial charge >= 0.3 is 0 Å². The molecule has 0 saturated heterocycles. The lowest BCUT2D eigenvalue weighted by atomic mass is 9.87. The van der Waals surface area contributed by atoms with Gasteiger partial charge in [0.15, 0.2) is 0 Å². The van der Waals surface area contributed by atoms with Gasteiger partial charge in [-0.3, -0.25) is 0 Å². The predicted molar refractivity (Wildman–Crippen MR) is 70.1 cm³/mol. The molecule has 0 aromatic carbocycles. The maximum Gasteiger partial charge on any atom is 0.130 e. The quantitative estimate of drug-likeness (QED) is 0.842. The molecule has 1 rings (SSSR count). The van der Waals surface area contributed by atoms with Crippen LogP contribution in [0.15, 0.2) is 6.07 Å². The van der Waals surface area contributed by atoms with Crippen LogP contribution in [0.1, 0.15) is 39.2 Å². The van der Waals surface area contributed by atoms with Crippen molar-refractivity contribution >= 4 is 5.82 Å². The summed E-state index contributed by atoms with van der Waals surface area (Å²) in [5.41, 5.74) is 0.935. The van der Waals surface area contributed by atoms with Crippen LogP contribution in [0.3, 0.4) is 0 Å². The monoisotopic (exact) mass is 237 g/mol. The van der Waals surface area contributed by atoms with Crippen molar-refractivity contribution in [3.8, 4) is 0 Å². The third-order valence-electron chi connectivity index (χ3n) is 2.77. The van der Waals surface area contributed by atoms with Gasteiger partial charge in [0, 0.05) is 18.2 Å². The molecule has 2 N–H and O–H groups in total. The number of anilines is 1. The molecule has 1 atom stereocenters. The molecule has 17 heavy (non-hydrogen) atoms. The molecule has 4 heteroatoms. The third kappa shape index (κ3) is 3.97. The second-order valence-corrected chi connectivity index (χ2v) is 5.41. The number of aryl methyl sites for hydroxylation is 2.